The fraction of sp³-hybridized carbons (Fsp3) is 0.625. The average Bonchev–Trinajstić information content (AvgIpc) is 2.54. The highest BCUT2D eigenvalue weighted by molar-refractivity contribution is 5.94. The van der Waals surface area contributed by atoms with Crippen LogP contribution in [-0.4, -0.2) is 28.6 Å². The van der Waals surface area contributed by atoms with Crippen LogP contribution in [0.2, 0.25) is 0 Å². The predicted octanol–water partition coefficient (Wildman–Crippen LogP) is 3.16. The zero-order valence-electron chi connectivity index (χ0n) is 12.8. The molecule has 0 spiro atoms. The third kappa shape index (κ3) is 4.92. The summed E-state index contributed by atoms with van der Waals surface area (Å²) in [4.78, 5) is 15.5. The minimum atomic E-state index is -4.52. The van der Waals surface area contributed by atoms with Crippen molar-refractivity contribution in [2.75, 3.05) is 6.61 Å². The molecule has 2 N–H and O–H groups in total. The van der Waals surface area contributed by atoms with Gasteiger partial charge in [0.2, 0.25) is 0 Å². The molecular weight excluding hydrogens is 309 g/mol. The Hall–Kier alpha value is -1.63. The summed E-state index contributed by atoms with van der Waals surface area (Å²) in [6, 6.07) is 1.77. The van der Waals surface area contributed by atoms with Crippen molar-refractivity contribution in [1.82, 2.24) is 10.3 Å². The lowest BCUT2D eigenvalue weighted by atomic mass is 9.82. The first-order valence-corrected chi connectivity index (χ1v) is 7.87. The van der Waals surface area contributed by atoms with Gasteiger partial charge in [0.1, 0.15) is 5.69 Å². The van der Waals surface area contributed by atoms with E-state index in [9.17, 15) is 23.1 Å². The fourth-order valence-corrected chi connectivity index (χ4v) is 3.05. The SMILES string of the molecule is O=C(NC(CCO)C1CCCCC1)c1ccc(C(F)(F)F)nc1. The number of nitrogens with zero attached hydrogens (tertiary/aromatic N) is 1. The summed E-state index contributed by atoms with van der Waals surface area (Å²) in [7, 11) is 0. The first kappa shape index (κ1) is 17.7. The van der Waals surface area contributed by atoms with Crippen LogP contribution in [-0.2, 0) is 6.18 Å². The lowest BCUT2D eigenvalue weighted by Crippen LogP contribution is -2.41. The topological polar surface area (TPSA) is 62.2 Å². The zero-order chi connectivity index (χ0) is 16.9. The van der Waals surface area contributed by atoms with Gasteiger partial charge in [-0.25, -0.2) is 0 Å². The molecule has 1 saturated carbocycles. The number of hydrogen-bond acceptors (Lipinski definition) is 3. The van der Waals surface area contributed by atoms with E-state index in [1.807, 2.05) is 0 Å². The number of rotatable bonds is 5. The van der Waals surface area contributed by atoms with Crippen molar-refractivity contribution >= 4 is 5.91 Å². The highest BCUT2D eigenvalue weighted by Crippen LogP contribution is 2.29. The first-order chi connectivity index (χ1) is 10.9. The molecule has 1 aliphatic carbocycles. The summed E-state index contributed by atoms with van der Waals surface area (Å²) in [5.74, 6) is -0.141. The Kier molecular flexibility index (Phi) is 5.98. The van der Waals surface area contributed by atoms with E-state index < -0.39 is 17.8 Å². The molecule has 0 aliphatic heterocycles. The molecule has 1 aromatic rings. The number of nitrogens with one attached hydrogen (secondary N) is 1. The Balaban J connectivity index is 2.03. The number of hydrogen-bond donors (Lipinski definition) is 2. The lowest BCUT2D eigenvalue weighted by Gasteiger charge is -2.30. The molecule has 7 heteroatoms. The molecule has 1 aliphatic rings. The van der Waals surface area contributed by atoms with E-state index in [1.165, 1.54) is 6.42 Å². The Labute approximate surface area is 133 Å². The standard InChI is InChI=1S/C16H21F3N2O2/c17-16(18,19)14-7-6-12(10-20-14)15(23)21-13(8-9-22)11-4-2-1-3-5-11/h6-7,10-11,13,22H,1-5,8-9H2,(H,21,23). The van der Waals surface area contributed by atoms with Gasteiger partial charge in [0.25, 0.3) is 5.91 Å². The number of amides is 1. The second kappa shape index (κ2) is 7.77. The van der Waals surface area contributed by atoms with Gasteiger partial charge in [0, 0.05) is 18.8 Å². The predicted molar refractivity (Wildman–Crippen MR) is 78.8 cm³/mol. The van der Waals surface area contributed by atoms with Gasteiger partial charge in [-0.3, -0.25) is 9.78 Å². The van der Waals surface area contributed by atoms with Crippen LogP contribution in [0.5, 0.6) is 0 Å². The molecule has 23 heavy (non-hydrogen) atoms. The highest BCUT2D eigenvalue weighted by Gasteiger charge is 2.32. The van der Waals surface area contributed by atoms with E-state index in [0.29, 0.717) is 12.3 Å². The highest BCUT2D eigenvalue weighted by atomic mass is 19.4. The molecule has 1 fully saturated rings. The van der Waals surface area contributed by atoms with Gasteiger partial charge in [-0.2, -0.15) is 13.2 Å². The van der Waals surface area contributed by atoms with E-state index in [4.69, 9.17) is 0 Å². The van der Waals surface area contributed by atoms with Crippen molar-refractivity contribution in [2.24, 2.45) is 5.92 Å². The normalized spacial score (nSPS) is 17.7. The van der Waals surface area contributed by atoms with Crippen molar-refractivity contribution in [1.29, 1.82) is 0 Å². The minimum absolute atomic E-state index is 0.0350. The Morgan fingerprint density at radius 3 is 2.52 bits per heavy atom. The monoisotopic (exact) mass is 330 g/mol. The van der Waals surface area contributed by atoms with Crippen molar-refractivity contribution in [3.05, 3.63) is 29.6 Å². The van der Waals surface area contributed by atoms with Crippen molar-refractivity contribution in [2.45, 2.75) is 50.7 Å². The van der Waals surface area contributed by atoms with Crippen LogP contribution < -0.4 is 5.32 Å². The van der Waals surface area contributed by atoms with Crippen molar-refractivity contribution < 1.29 is 23.1 Å². The molecule has 1 amide bonds. The van der Waals surface area contributed by atoms with Crippen molar-refractivity contribution in [3.8, 4) is 0 Å². The maximum Gasteiger partial charge on any atom is 0.433 e. The molecule has 0 aromatic carbocycles. The van der Waals surface area contributed by atoms with Gasteiger partial charge < -0.3 is 10.4 Å². The lowest BCUT2D eigenvalue weighted by molar-refractivity contribution is -0.141. The van der Waals surface area contributed by atoms with Crippen LogP contribution in [0.25, 0.3) is 0 Å². The molecule has 1 heterocycles. The van der Waals surface area contributed by atoms with Crippen molar-refractivity contribution in [3.63, 3.8) is 0 Å². The van der Waals surface area contributed by atoms with Gasteiger partial charge in [0.05, 0.1) is 5.56 Å². The second-order valence-corrected chi connectivity index (χ2v) is 5.92. The number of pyridine rings is 1. The molecule has 2 rings (SSSR count). The van der Waals surface area contributed by atoms with Crippen LogP contribution in [0.1, 0.15) is 54.6 Å². The first-order valence-electron chi connectivity index (χ1n) is 7.87. The zero-order valence-corrected chi connectivity index (χ0v) is 12.8. The fourth-order valence-electron chi connectivity index (χ4n) is 3.05. The summed E-state index contributed by atoms with van der Waals surface area (Å²) >= 11 is 0. The van der Waals surface area contributed by atoms with E-state index in [0.717, 1.165) is 44.0 Å². The molecule has 0 radical (unpaired) electrons. The Morgan fingerprint density at radius 1 is 1.30 bits per heavy atom. The van der Waals surface area contributed by atoms with E-state index >= 15 is 0 Å². The summed E-state index contributed by atoms with van der Waals surface area (Å²) < 4.78 is 37.4. The number of aliphatic hydroxyl groups excluding tert-OH is 1. The molecule has 128 valence electrons. The summed E-state index contributed by atoms with van der Waals surface area (Å²) in [6.07, 6.45) is 2.25. The maximum atomic E-state index is 12.5. The molecule has 0 saturated heterocycles. The van der Waals surface area contributed by atoms with Gasteiger partial charge >= 0.3 is 6.18 Å². The number of halogens is 3. The van der Waals surface area contributed by atoms with Crippen LogP contribution in [0.4, 0.5) is 13.2 Å². The number of aliphatic hydroxyl groups is 1. The summed E-state index contributed by atoms with van der Waals surface area (Å²) in [5.41, 5.74) is -0.926. The smallest absolute Gasteiger partial charge is 0.396 e. The van der Waals surface area contributed by atoms with Crippen LogP contribution >= 0.6 is 0 Å². The van der Waals surface area contributed by atoms with Crippen LogP contribution in [0.15, 0.2) is 18.3 Å². The number of aromatic nitrogens is 1. The van der Waals surface area contributed by atoms with E-state index in [-0.39, 0.29) is 18.2 Å². The van der Waals surface area contributed by atoms with Gasteiger partial charge in [-0.15, -0.1) is 0 Å². The van der Waals surface area contributed by atoms with Gasteiger partial charge in [0.15, 0.2) is 0 Å². The molecular formula is C16H21F3N2O2. The minimum Gasteiger partial charge on any atom is -0.396 e. The summed E-state index contributed by atoms with van der Waals surface area (Å²) in [5, 5.41) is 12.0. The molecule has 4 nitrogen and oxygen atoms in total. The molecule has 1 unspecified atom stereocenters. The van der Waals surface area contributed by atoms with E-state index in [2.05, 4.69) is 10.3 Å². The third-order valence-corrected chi connectivity index (χ3v) is 4.29. The number of alkyl halides is 3. The van der Waals surface area contributed by atoms with Crippen LogP contribution in [0.3, 0.4) is 0 Å². The summed E-state index contributed by atoms with van der Waals surface area (Å²) in [6.45, 7) is -0.0350. The third-order valence-electron chi connectivity index (χ3n) is 4.29. The molecule has 1 atom stereocenters. The van der Waals surface area contributed by atoms with Gasteiger partial charge in [-0.1, -0.05) is 19.3 Å². The van der Waals surface area contributed by atoms with E-state index in [1.54, 1.807) is 0 Å². The number of carbonyl (C=O) groups is 1. The molecule has 0 bridgehead atoms. The quantitative estimate of drug-likeness (QED) is 0.872. The number of carbonyl (C=O) groups excluding carboxylic acids is 1. The Morgan fingerprint density at radius 2 is 2.00 bits per heavy atom. The van der Waals surface area contributed by atoms with Gasteiger partial charge in [-0.05, 0) is 37.3 Å². The van der Waals surface area contributed by atoms with Crippen LogP contribution in [0, 0.1) is 5.92 Å². The largest absolute Gasteiger partial charge is 0.433 e. The second-order valence-electron chi connectivity index (χ2n) is 5.92. The maximum absolute atomic E-state index is 12.5. The molecule has 1 aromatic heterocycles. The average molecular weight is 330 g/mol. The Bertz CT molecular complexity index is 511.